The van der Waals surface area contributed by atoms with Crippen LogP contribution < -0.4 is 0 Å². The van der Waals surface area contributed by atoms with E-state index in [4.69, 9.17) is 4.98 Å². The normalized spacial score (nSPS) is 11.3. The first kappa shape index (κ1) is 16.1. The molecule has 3 aromatic heterocycles. The minimum absolute atomic E-state index is 0.872. The lowest BCUT2D eigenvalue weighted by Gasteiger charge is -2.12. The standard InChI is InChI=1S/C23H17N3S/c1-15-9-18-11-17(10-16-5-7-24-8-6-16)12-20(23(18)25-13-15)19-3-2-4-22-21(19)14-27-26-22/h2-9,11-14H,10H2,1H3. The molecule has 5 aromatic rings. The Kier molecular flexibility index (Phi) is 3.91. The van der Waals surface area contributed by atoms with Gasteiger partial charge in [-0.15, -0.1) is 0 Å². The molecule has 27 heavy (non-hydrogen) atoms. The number of hydrogen-bond donors (Lipinski definition) is 0. The summed E-state index contributed by atoms with van der Waals surface area (Å²) in [5.74, 6) is 0. The second-order valence-corrected chi connectivity index (χ2v) is 7.44. The van der Waals surface area contributed by atoms with Crippen molar-refractivity contribution in [3.8, 4) is 11.1 Å². The maximum atomic E-state index is 4.77. The van der Waals surface area contributed by atoms with E-state index in [2.05, 4.69) is 70.2 Å². The molecular weight excluding hydrogens is 350 g/mol. The zero-order valence-electron chi connectivity index (χ0n) is 14.9. The molecule has 0 aliphatic rings. The Morgan fingerprint density at radius 1 is 0.926 bits per heavy atom. The predicted molar refractivity (Wildman–Crippen MR) is 112 cm³/mol. The van der Waals surface area contributed by atoms with Crippen molar-refractivity contribution in [1.82, 2.24) is 14.3 Å². The first-order valence-electron chi connectivity index (χ1n) is 8.89. The van der Waals surface area contributed by atoms with E-state index in [0.29, 0.717) is 0 Å². The van der Waals surface area contributed by atoms with E-state index in [1.54, 1.807) is 0 Å². The SMILES string of the molecule is Cc1cnc2c(-c3cccc4nscc34)cc(Cc3ccncc3)cc2c1. The van der Waals surface area contributed by atoms with E-state index in [0.717, 1.165) is 17.5 Å². The van der Waals surface area contributed by atoms with Gasteiger partial charge in [0.25, 0.3) is 0 Å². The minimum Gasteiger partial charge on any atom is -0.265 e. The third kappa shape index (κ3) is 2.98. The summed E-state index contributed by atoms with van der Waals surface area (Å²) in [6, 6.07) is 17.2. The second-order valence-electron chi connectivity index (χ2n) is 6.81. The third-order valence-electron chi connectivity index (χ3n) is 4.83. The number of aryl methyl sites for hydroxylation is 1. The van der Waals surface area contributed by atoms with E-state index >= 15 is 0 Å². The van der Waals surface area contributed by atoms with Crippen LogP contribution >= 0.6 is 11.5 Å². The van der Waals surface area contributed by atoms with Gasteiger partial charge in [0, 0.05) is 40.3 Å². The number of fused-ring (bicyclic) bond motifs is 2. The molecule has 0 radical (unpaired) electrons. The maximum Gasteiger partial charge on any atom is 0.0846 e. The molecule has 130 valence electrons. The predicted octanol–water partition coefficient (Wildman–Crippen LogP) is 5.81. The molecule has 2 aromatic carbocycles. The van der Waals surface area contributed by atoms with Crippen LogP contribution in [-0.4, -0.2) is 14.3 Å². The summed E-state index contributed by atoms with van der Waals surface area (Å²) in [4.78, 5) is 8.90. The molecule has 0 amide bonds. The van der Waals surface area contributed by atoms with Crippen LogP contribution in [0.25, 0.3) is 32.9 Å². The average Bonchev–Trinajstić information content (AvgIpc) is 3.17. The van der Waals surface area contributed by atoms with Crippen molar-refractivity contribution in [2.45, 2.75) is 13.3 Å². The Morgan fingerprint density at radius 2 is 1.81 bits per heavy atom. The largest absolute Gasteiger partial charge is 0.265 e. The fourth-order valence-corrected chi connectivity index (χ4v) is 4.27. The maximum absolute atomic E-state index is 4.77. The Bertz CT molecular complexity index is 1260. The Morgan fingerprint density at radius 3 is 2.70 bits per heavy atom. The van der Waals surface area contributed by atoms with Gasteiger partial charge in [0.1, 0.15) is 0 Å². The first-order valence-corrected chi connectivity index (χ1v) is 9.73. The lowest BCUT2D eigenvalue weighted by Crippen LogP contribution is -1.93. The highest BCUT2D eigenvalue weighted by Gasteiger charge is 2.12. The van der Waals surface area contributed by atoms with Crippen molar-refractivity contribution in [2.75, 3.05) is 0 Å². The summed E-state index contributed by atoms with van der Waals surface area (Å²) < 4.78 is 4.50. The number of benzene rings is 2. The van der Waals surface area contributed by atoms with Gasteiger partial charge < -0.3 is 0 Å². The quantitative estimate of drug-likeness (QED) is 0.404. The van der Waals surface area contributed by atoms with Gasteiger partial charge in [0.05, 0.1) is 11.0 Å². The van der Waals surface area contributed by atoms with Crippen molar-refractivity contribution >= 4 is 33.3 Å². The third-order valence-corrected chi connectivity index (χ3v) is 5.48. The Hall–Kier alpha value is -3.11. The fourth-order valence-electron chi connectivity index (χ4n) is 3.59. The van der Waals surface area contributed by atoms with Crippen LogP contribution in [0, 0.1) is 6.92 Å². The topological polar surface area (TPSA) is 38.7 Å². The van der Waals surface area contributed by atoms with E-state index in [1.807, 2.05) is 18.6 Å². The molecule has 0 aliphatic carbocycles. The molecule has 4 heteroatoms. The van der Waals surface area contributed by atoms with E-state index in [9.17, 15) is 0 Å². The van der Waals surface area contributed by atoms with Gasteiger partial charge >= 0.3 is 0 Å². The molecule has 5 rings (SSSR count). The highest BCUT2D eigenvalue weighted by Crippen LogP contribution is 2.35. The molecule has 3 nitrogen and oxygen atoms in total. The first-order chi connectivity index (χ1) is 13.3. The molecule has 0 spiro atoms. The summed E-state index contributed by atoms with van der Waals surface area (Å²) in [6.45, 7) is 2.09. The monoisotopic (exact) mass is 367 g/mol. The van der Waals surface area contributed by atoms with Gasteiger partial charge in [-0.05, 0) is 83.5 Å². The van der Waals surface area contributed by atoms with Gasteiger partial charge in [-0.2, -0.15) is 4.37 Å². The molecule has 0 saturated heterocycles. The number of aromatic nitrogens is 3. The van der Waals surface area contributed by atoms with E-state index < -0.39 is 0 Å². The minimum atomic E-state index is 0.872. The van der Waals surface area contributed by atoms with Crippen LogP contribution in [0.15, 0.2) is 72.5 Å². The molecule has 3 heterocycles. The summed E-state index contributed by atoms with van der Waals surface area (Å²) in [5.41, 5.74) is 8.14. The smallest absolute Gasteiger partial charge is 0.0846 e. The van der Waals surface area contributed by atoms with Gasteiger partial charge in [0.15, 0.2) is 0 Å². The van der Waals surface area contributed by atoms with Gasteiger partial charge in [-0.1, -0.05) is 12.1 Å². The van der Waals surface area contributed by atoms with Gasteiger partial charge in [0.2, 0.25) is 0 Å². The Labute approximate surface area is 161 Å². The van der Waals surface area contributed by atoms with Crippen molar-refractivity contribution in [2.24, 2.45) is 0 Å². The van der Waals surface area contributed by atoms with Gasteiger partial charge in [-0.25, -0.2) is 0 Å². The molecular formula is C23H17N3S. The molecule has 0 unspecified atom stereocenters. The summed E-state index contributed by atoms with van der Waals surface area (Å²) in [6.07, 6.45) is 6.51. The van der Waals surface area contributed by atoms with Crippen LogP contribution in [0.1, 0.15) is 16.7 Å². The summed E-state index contributed by atoms with van der Waals surface area (Å²) in [7, 11) is 0. The lowest BCUT2D eigenvalue weighted by atomic mass is 9.94. The fraction of sp³-hybridized carbons (Fsp3) is 0.0870. The highest BCUT2D eigenvalue weighted by molar-refractivity contribution is 7.04. The molecule has 0 N–H and O–H groups in total. The zero-order chi connectivity index (χ0) is 18.2. The van der Waals surface area contributed by atoms with Crippen molar-refractivity contribution < 1.29 is 0 Å². The molecule has 0 saturated carbocycles. The van der Waals surface area contributed by atoms with E-state index in [-0.39, 0.29) is 0 Å². The summed E-state index contributed by atoms with van der Waals surface area (Å²) in [5, 5.41) is 4.49. The molecule has 0 atom stereocenters. The number of rotatable bonds is 3. The van der Waals surface area contributed by atoms with Crippen molar-refractivity contribution in [1.29, 1.82) is 0 Å². The van der Waals surface area contributed by atoms with Crippen LogP contribution in [0.4, 0.5) is 0 Å². The van der Waals surface area contributed by atoms with Crippen LogP contribution in [0.2, 0.25) is 0 Å². The molecule has 0 fully saturated rings. The Balaban J connectivity index is 1.76. The van der Waals surface area contributed by atoms with Gasteiger partial charge in [-0.3, -0.25) is 9.97 Å². The second kappa shape index (κ2) is 6.56. The van der Waals surface area contributed by atoms with Crippen molar-refractivity contribution in [3.05, 3.63) is 89.2 Å². The molecule has 0 bridgehead atoms. The number of hydrogen-bond acceptors (Lipinski definition) is 4. The van der Waals surface area contributed by atoms with Crippen LogP contribution in [0.3, 0.4) is 0 Å². The average molecular weight is 367 g/mol. The van der Waals surface area contributed by atoms with E-state index in [1.165, 1.54) is 50.1 Å². The zero-order valence-corrected chi connectivity index (χ0v) is 15.7. The number of pyridine rings is 2. The summed E-state index contributed by atoms with van der Waals surface area (Å²) >= 11 is 1.50. The van der Waals surface area contributed by atoms with Crippen LogP contribution in [0.5, 0.6) is 0 Å². The van der Waals surface area contributed by atoms with Crippen molar-refractivity contribution in [3.63, 3.8) is 0 Å². The number of nitrogens with zero attached hydrogens (tertiary/aromatic N) is 3. The lowest BCUT2D eigenvalue weighted by molar-refractivity contribution is 1.17. The molecule has 0 aliphatic heterocycles. The highest BCUT2D eigenvalue weighted by atomic mass is 32.1. The van der Waals surface area contributed by atoms with Crippen LogP contribution in [-0.2, 0) is 6.42 Å².